The average molecular weight is 416 g/mol. The number of ether oxygens (including phenoxy) is 1. The molecule has 2 aromatic carbocycles. The molecule has 2 aromatic rings. The van der Waals surface area contributed by atoms with Crippen LogP contribution in [0.3, 0.4) is 0 Å². The number of halogens is 1. The zero-order valence-corrected chi connectivity index (χ0v) is 17.8. The van der Waals surface area contributed by atoms with Gasteiger partial charge in [-0.05, 0) is 73.4 Å². The number of rotatable bonds is 8. The molecular weight excluding hydrogens is 386 g/mol. The summed E-state index contributed by atoms with van der Waals surface area (Å²) < 4.78 is 5.03. The molecule has 0 aliphatic heterocycles. The highest BCUT2D eigenvalue weighted by Crippen LogP contribution is 2.24. The second kappa shape index (κ2) is 10.8. The van der Waals surface area contributed by atoms with Crippen LogP contribution in [-0.4, -0.2) is 30.3 Å². The standard InChI is InChI=1S/C24H30ClNO3/c1-2-29-24(28)12-10-17-9-11-18-5-4-8-22(15-20(18)13-17)26-16-23(27)19-6-3-7-21(25)14-19/h3,6-7,9,11,13-14,22-23,26-27H,2,4-5,8,10,12,15-16H2,1H3/t22?,23-/m0/s1. The molecule has 0 saturated carbocycles. The summed E-state index contributed by atoms with van der Waals surface area (Å²) in [7, 11) is 0. The zero-order valence-electron chi connectivity index (χ0n) is 17.0. The molecule has 0 spiro atoms. The van der Waals surface area contributed by atoms with Crippen LogP contribution >= 0.6 is 11.6 Å². The van der Waals surface area contributed by atoms with Gasteiger partial charge < -0.3 is 15.2 Å². The van der Waals surface area contributed by atoms with E-state index >= 15 is 0 Å². The Morgan fingerprint density at radius 3 is 2.93 bits per heavy atom. The van der Waals surface area contributed by atoms with Gasteiger partial charge in [-0.25, -0.2) is 0 Å². The minimum Gasteiger partial charge on any atom is -0.466 e. The van der Waals surface area contributed by atoms with Gasteiger partial charge in [-0.3, -0.25) is 4.79 Å². The maximum absolute atomic E-state index is 11.6. The second-order valence-electron chi connectivity index (χ2n) is 7.68. The highest BCUT2D eigenvalue weighted by atomic mass is 35.5. The molecule has 3 rings (SSSR count). The predicted octanol–water partition coefficient (Wildman–Crippen LogP) is 4.41. The molecule has 0 heterocycles. The molecule has 1 aliphatic rings. The molecule has 1 aliphatic carbocycles. The smallest absolute Gasteiger partial charge is 0.306 e. The van der Waals surface area contributed by atoms with Crippen molar-refractivity contribution < 1.29 is 14.6 Å². The quantitative estimate of drug-likeness (QED) is 0.495. The van der Waals surface area contributed by atoms with Gasteiger partial charge in [0.05, 0.1) is 12.7 Å². The van der Waals surface area contributed by atoms with E-state index in [1.54, 1.807) is 0 Å². The zero-order chi connectivity index (χ0) is 20.6. The Kier molecular flexibility index (Phi) is 8.10. The minimum atomic E-state index is -0.577. The molecule has 0 saturated heterocycles. The van der Waals surface area contributed by atoms with Crippen LogP contribution in [0.5, 0.6) is 0 Å². The lowest BCUT2D eigenvalue weighted by Crippen LogP contribution is -2.34. The summed E-state index contributed by atoms with van der Waals surface area (Å²) in [6, 6.07) is 14.3. The van der Waals surface area contributed by atoms with E-state index in [4.69, 9.17) is 16.3 Å². The van der Waals surface area contributed by atoms with Crippen LogP contribution in [0.2, 0.25) is 5.02 Å². The van der Waals surface area contributed by atoms with Gasteiger partial charge in [-0.1, -0.05) is 41.9 Å². The molecule has 0 bridgehead atoms. The van der Waals surface area contributed by atoms with Crippen LogP contribution in [0.1, 0.15) is 54.5 Å². The largest absolute Gasteiger partial charge is 0.466 e. The number of benzene rings is 2. The van der Waals surface area contributed by atoms with E-state index in [0.29, 0.717) is 37.1 Å². The Morgan fingerprint density at radius 2 is 2.14 bits per heavy atom. The van der Waals surface area contributed by atoms with Crippen LogP contribution in [-0.2, 0) is 28.8 Å². The summed E-state index contributed by atoms with van der Waals surface area (Å²) in [5.74, 6) is -0.142. The van der Waals surface area contributed by atoms with Gasteiger partial charge in [0.15, 0.2) is 0 Å². The monoisotopic (exact) mass is 415 g/mol. The SMILES string of the molecule is CCOC(=O)CCc1ccc2c(c1)CC(NC[C@H](O)c1cccc(Cl)c1)CCC2. The molecule has 0 radical (unpaired) electrons. The van der Waals surface area contributed by atoms with E-state index < -0.39 is 6.10 Å². The van der Waals surface area contributed by atoms with Gasteiger partial charge in [-0.2, -0.15) is 0 Å². The lowest BCUT2D eigenvalue weighted by molar-refractivity contribution is -0.143. The number of fused-ring (bicyclic) bond motifs is 1. The molecule has 0 aromatic heterocycles. The van der Waals surface area contributed by atoms with Crippen molar-refractivity contribution in [2.75, 3.05) is 13.2 Å². The number of nitrogens with one attached hydrogen (secondary N) is 1. The summed E-state index contributed by atoms with van der Waals surface area (Å²) in [6.45, 7) is 2.76. The molecule has 29 heavy (non-hydrogen) atoms. The molecule has 156 valence electrons. The van der Waals surface area contributed by atoms with Crippen LogP contribution < -0.4 is 5.32 Å². The number of hydrogen-bond donors (Lipinski definition) is 2. The molecule has 0 fully saturated rings. The first-order valence-electron chi connectivity index (χ1n) is 10.5. The fourth-order valence-corrected chi connectivity index (χ4v) is 4.14. The lowest BCUT2D eigenvalue weighted by atomic mass is 9.97. The molecule has 2 atom stereocenters. The number of aryl methyl sites for hydroxylation is 2. The third kappa shape index (κ3) is 6.56. The van der Waals surface area contributed by atoms with Crippen molar-refractivity contribution in [1.82, 2.24) is 5.32 Å². The summed E-state index contributed by atoms with van der Waals surface area (Å²) in [5, 5.41) is 14.7. The van der Waals surface area contributed by atoms with Crippen LogP contribution in [0.15, 0.2) is 42.5 Å². The highest BCUT2D eigenvalue weighted by molar-refractivity contribution is 6.30. The van der Waals surface area contributed by atoms with Crippen LogP contribution in [0.4, 0.5) is 0 Å². The summed E-state index contributed by atoms with van der Waals surface area (Å²) >= 11 is 6.03. The fraction of sp³-hybridized carbons (Fsp3) is 0.458. The Labute approximate surface area is 178 Å². The minimum absolute atomic E-state index is 0.142. The van der Waals surface area contributed by atoms with E-state index in [0.717, 1.165) is 31.2 Å². The van der Waals surface area contributed by atoms with Crippen LogP contribution in [0, 0.1) is 0 Å². The van der Waals surface area contributed by atoms with Crippen molar-refractivity contribution in [3.05, 3.63) is 69.7 Å². The first kappa shape index (κ1) is 21.8. The van der Waals surface area contributed by atoms with Crippen molar-refractivity contribution >= 4 is 17.6 Å². The normalized spacial score (nSPS) is 17.3. The molecule has 5 heteroatoms. The van der Waals surface area contributed by atoms with Gasteiger partial charge in [0, 0.05) is 24.0 Å². The molecule has 2 N–H and O–H groups in total. The molecule has 0 amide bonds. The Hall–Kier alpha value is -1.88. The lowest BCUT2D eigenvalue weighted by Gasteiger charge is -2.20. The van der Waals surface area contributed by atoms with Crippen molar-refractivity contribution in [3.8, 4) is 0 Å². The maximum atomic E-state index is 11.6. The number of carbonyl (C=O) groups is 1. The number of carbonyl (C=O) groups excluding carboxylic acids is 1. The Bertz CT molecular complexity index is 824. The summed E-state index contributed by atoms with van der Waals surface area (Å²) in [5.41, 5.74) is 4.75. The van der Waals surface area contributed by atoms with Gasteiger partial charge in [0.25, 0.3) is 0 Å². The summed E-state index contributed by atoms with van der Waals surface area (Å²) in [4.78, 5) is 11.6. The van der Waals surface area contributed by atoms with E-state index in [2.05, 4.69) is 23.5 Å². The second-order valence-corrected chi connectivity index (χ2v) is 8.12. The van der Waals surface area contributed by atoms with E-state index in [1.165, 1.54) is 16.7 Å². The average Bonchev–Trinajstić information content (AvgIpc) is 2.92. The molecule has 4 nitrogen and oxygen atoms in total. The van der Waals surface area contributed by atoms with E-state index in [1.807, 2.05) is 31.2 Å². The maximum Gasteiger partial charge on any atom is 0.306 e. The highest BCUT2D eigenvalue weighted by Gasteiger charge is 2.18. The molecule has 1 unspecified atom stereocenters. The fourth-order valence-electron chi connectivity index (χ4n) is 3.94. The first-order chi connectivity index (χ1) is 14.0. The number of esters is 1. The van der Waals surface area contributed by atoms with Gasteiger partial charge in [0.1, 0.15) is 0 Å². The Morgan fingerprint density at radius 1 is 1.28 bits per heavy atom. The van der Waals surface area contributed by atoms with E-state index in [9.17, 15) is 9.90 Å². The number of aliphatic hydroxyl groups is 1. The Balaban J connectivity index is 1.58. The third-order valence-electron chi connectivity index (χ3n) is 5.49. The predicted molar refractivity (Wildman–Crippen MR) is 116 cm³/mol. The third-order valence-corrected chi connectivity index (χ3v) is 5.73. The first-order valence-corrected chi connectivity index (χ1v) is 10.9. The van der Waals surface area contributed by atoms with Gasteiger partial charge in [-0.15, -0.1) is 0 Å². The van der Waals surface area contributed by atoms with Crippen molar-refractivity contribution in [1.29, 1.82) is 0 Å². The number of hydrogen-bond acceptors (Lipinski definition) is 4. The van der Waals surface area contributed by atoms with Crippen LogP contribution in [0.25, 0.3) is 0 Å². The number of aliphatic hydroxyl groups excluding tert-OH is 1. The van der Waals surface area contributed by atoms with E-state index in [-0.39, 0.29) is 5.97 Å². The summed E-state index contributed by atoms with van der Waals surface area (Å²) in [6.07, 6.45) is 4.76. The molecular formula is C24H30ClNO3. The van der Waals surface area contributed by atoms with Gasteiger partial charge >= 0.3 is 5.97 Å². The van der Waals surface area contributed by atoms with Crippen molar-refractivity contribution in [2.24, 2.45) is 0 Å². The van der Waals surface area contributed by atoms with Crippen molar-refractivity contribution in [2.45, 2.75) is 57.6 Å². The van der Waals surface area contributed by atoms with Crippen molar-refractivity contribution in [3.63, 3.8) is 0 Å². The topological polar surface area (TPSA) is 58.6 Å². The van der Waals surface area contributed by atoms with Gasteiger partial charge in [0.2, 0.25) is 0 Å².